The lowest BCUT2D eigenvalue weighted by atomic mass is 10.1. The Morgan fingerprint density at radius 1 is 1.14 bits per heavy atom. The molecule has 1 aromatic carbocycles. The molecule has 1 N–H and O–H groups in total. The Morgan fingerprint density at radius 3 is 2.43 bits per heavy atom. The van der Waals surface area contributed by atoms with E-state index in [9.17, 15) is 0 Å². The van der Waals surface area contributed by atoms with E-state index in [1.165, 1.54) is 16.1 Å². The highest BCUT2D eigenvalue weighted by Gasteiger charge is 2.05. The lowest BCUT2D eigenvalue weighted by Crippen LogP contribution is -2.19. The largest absolute Gasteiger partial charge is 0.369 e. The van der Waals surface area contributed by atoms with Crippen LogP contribution in [0.5, 0.6) is 0 Å². The second kappa shape index (κ2) is 7.83. The number of thiophene rings is 1. The van der Waals surface area contributed by atoms with E-state index in [-0.39, 0.29) is 0 Å². The Morgan fingerprint density at radius 2 is 1.86 bits per heavy atom. The van der Waals surface area contributed by atoms with Gasteiger partial charge in [0.2, 0.25) is 0 Å². The average Bonchev–Trinajstić information content (AvgIpc) is 2.84. The van der Waals surface area contributed by atoms with Crippen LogP contribution < -0.4 is 10.2 Å². The minimum absolute atomic E-state index is 0.688. The molecule has 2 nitrogen and oxygen atoms in total. The molecule has 0 aliphatic carbocycles. The van der Waals surface area contributed by atoms with Gasteiger partial charge in [0.25, 0.3) is 0 Å². The van der Waals surface area contributed by atoms with Crippen molar-refractivity contribution in [2.45, 2.75) is 26.9 Å². The molecule has 0 unspecified atom stereocenters. The maximum Gasteiger partial charge on any atom is 0.0931 e. The van der Waals surface area contributed by atoms with Crippen LogP contribution in [-0.2, 0) is 13.1 Å². The molecule has 0 radical (unpaired) electrons. The first-order valence-corrected chi connectivity index (χ1v) is 8.49. The smallest absolute Gasteiger partial charge is 0.0931 e. The number of rotatable bonds is 7. The van der Waals surface area contributed by atoms with Gasteiger partial charge in [0.05, 0.1) is 10.9 Å². The summed E-state index contributed by atoms with van der Waals surface area (Å²) in [6.45, 7) is 7.33. The zero-order valence-electron chi connectivity index (χ0n) is 12.9. The van der Waals surface area contributed by atoms with E-state index in [2.05, 4.69) is 61.4 Å². The number of halogens is 1. The highest BCUT2D eigenvalue weighted by molar-refractivity contribution is 7.16. The molecule has 0 atom stereocenters. The van der Waals surface area contributed by atoms with Gasteiger partial charge in [-0.25, -0.2) is 0 Å². The van der Waals surface area contributed by atoms with E-state index in [4.69, 9.17) is 11.6 Å². The van der Waals surface area contributed by atoms with E-state index in [0.29, 0.717) is 5.92 Å². The topological polar surface area (TPSA) is 15.3 Å². The van der Waals surface area contributed by atoms with Crippen molar-refractivity contribution in [3.8, 4) is 0 Å². The van der Waals surface area contributed by atoms with Gasteiger partial charge >= 0.3 is 0 Å². The van der Waals surface area contributed by atoms with Crippen LogP contribution in [0.1, 0.15) is 24.3 Å². The van der Waals surface area contributed by atoms with Crippen LogP contribution in [0.2, 0.25) is 4.34 Å². The molecule has 2 aromatic rings. The van der Waals surface area contributed by atoms with Crippen molar-refractivity contribution in [3.63, 3.8) is 0 Å². The number of hydrogen-bond acceptors (Lipinski definition) is 3. The van der Waals surface area contributed by atoms with Gasteiger partial charge in [-0.2, -0.15) is 0 Å². The molecule has 21 heavy (non-hydrogen) atoms. The molecule has 114 valence electrons. The third kappa shape index (κ3) is 5.34. The van der Waals surface area contributed by atoms with Crippen LogP contribution in [0.25, 0.3) is 0 Å². The molecule has 4 heteroatoms. The SMILES string of the molecule is CC(C)CNCc1ccc(N(C)Cc2ccc(Cl)s2)cc1. The first-order valence-electron chi connectivity index (χ1n) is 7.29. The van der Waals surface area contributed by atoms with Crippen LogP contribution in [0.15, 0.2) is 36.4 Å². The van der Waals surface area contributed by atoms with Gasteiger partial charge in [0.15, 0.2) is 0 Å². The molecule has 0 aliphatic heterocycles. The maximum absolute atomic E-state index is 5.97. The normalized spacial score (nSPS) is 11.1. The fourth-order valence-corrected chi connectivity index (χ4v) is 3.28. The Kier molecular flexibility index (Phi) is 6.09. The van der Waals surface area contributed by atoms with Crippen molar-refractivity contribution in [3.05, 3.63) is 51.2 Å². The van der Waals surface area contributed by atoms with Crippen molar-refractivity contribution >= 4 is 28.6 Å². The van der Waals surface area contributed by atoms with Crippen molar-refractivity contribution < 1.29 is 0 Å². The van der Waals surface area contributed by atoms with Crippen LogP contribution in [-0.4, -0.2) is 13.6 Å². The van der Waals surface area contributed by atoms with Gasteiger partial charge in [-0.15, -0.1) is 11.3 Å². The molecule has 2 rings (SSSR count). The molecule has 1 heterocycles. The van der Waals surface area contributed by atoms with Crippen molar-refractivity contribution in [1.29, 1.82) is 0 Å². The molecular weight excluding hydrogens is 300 g/mol. The summed E-state index contributed by atoms with van der Waals surface area (Å²) in [6, 6.07) is 12.8. The third-order valence-electron chi connectivity index (χ3n) is 3.28. The fraction of sp³-hybridized carbons (Fsp3) is 0.412. The molecule has 0 spiro atoms. The number of nitrogens with zero attached hydrogens (tertiary/aromatic N) is 1. The van der Waals surface area contributed by atoms with E-state index in [1.807, 2.05) is 6.07 Å². The van der Waals surface area contributed by atoms with E-state index >= 15 is 0 Å². The average molecular weight is 323 g/mol. The van der Waals surface area contributed by atoms with Crippen molar-refractivity contribution in [2.24, 2.45) is 5.92 Å². The summed E-state index contributed by atoms with van der Waals surface area (Å²) in [5, 5.41) is 3.47. The van der Waals surface area contributed by atoms with Crippen molar-refractivity contribution in [1.82, 2.24) is 5.32 Å². The van der Waals surface area contributed by atoms with Gasteiger partial charge in [0, 0.05) is 24.2 Å². The molecule has 0 amide bonds. The van der Waals surface area contributed by atoms with Gasteiger partial charge < -0.3 is 10.2 Å². The maximum atomic E-state index is 5.97. The lowest BCUT2D eigenvalue weighted by molar-refractivity contribution is 0.552. The summed E-state index contributed by atoms with van der Waals surface area (Å²) in [7, 11) is 2.11. The predicted molar refractivity (Wildman–Crippen MR) is 94.4 cm³/mol. The molecule has 0 aliphatic rings. The molecule has 0 saturated carbocycles. The number of hydrogen-bond donors (Lipinski definition) is 1. The number of benzene rings is 1. The molecule has 0 fully saturated rings. The fourth-order valence-electron chi connectivity index (χ4n) is 2.14. The Labute approximate surface area is 136 Å². The minimum atomic E-state index is 0.688. The van der Waals surface area contributed by atoms with Crippen LogP contribution in [0, 0.1) is 5.92 Å². The second-order valence-electron chi connectivity index (χ2n) is 5.75. The van der Waals surface area contributed by atoms with E-state index in [0.717, 1.165) is 24.0 Å². The minimum Gasteiger partial charge on any atom is -0.369 e. The van der Waals surface area contributed by atoms with Gasteiger partial charge in [-0.05, 0) is 42.3 Å². The first kappa shape index (κ1) is 16.3. The van der Waals surface area contributed by atoms with Crippen LogP contribution in [0.3, 0.4) is 0 Å². The highest BCUT2D eigenvalue weighted by Crippen LogP contribution is 2.24. The van der Waals surface area contributed by atoms with E-state index in [1.54, 1.807) is 11.3 Å². The molecule has 0 saturated heterocycles. The first-order chi connectivity index (χ1) is 10.0. The Hall–Kier alpha value is -1.03. The summed E-state index contributed by atoms with van der Waals surface area (Å²) in [5.41, 5.74) is 2.55. The quantitative estimate of drug-likeness (QED) is 0.789. The summed E-state index contributed by atoms with van der Waals surface area (Å²) >= 11 is 7.62. The highest BCUT2D eigenvalue weighted by atomic mass is 35.5. The number of nitrogens with one attached hydrogen (secondary N) is 1. The molecule has 1 aromatic heterocycles. The third-order valence-corrected chi connectivity index (χ3v) is 4.50. The summed E-state index contributed by atoms with van der Waals surface area (Å²) in [4.78, 5) is 3.53. The standard InChI is InChI=1S/C17H23ClN2S/c1-13(2)10-19-11-14-4-6-15(7-5-14)20(3)12-16-8-9-17(18)21-16/h4-9,13,19H,10-12H2,1-3H3. The molecular formula is C17H23ClN2S. The number of anilines is 1. The van der Waals surface area contributed by atoms with Gasteiger partial charge in [-0.3, -0.25) is 0 Å². The summed E-state index contributed by atoms with van der Waals surface area (Å²) < 4.78 is 0.852. The zero-order valence-corrected chi connectivity index (χ0v) is 14.5. The monoisotopic (exact) mass is 322 g/mol. The lowest BCUT2D eigenvalue weighted by Gasteiger charge is -2.19. The Balaban J connectivity index is 1.88. The summed E-state index contributed by atoms with van der Waals surface area (Å²) in [5.74, 6) is 0.688. The van der Waals surface area contributed by atoms with Gasteiger partial charge in [0.1, 0.15) is 0 Å². The Bertz CT molecular complexity index is 548. The van der Waals surface area contributed by atoms with Gasteiger partial charge in [-0.1, -0.05) is 37.6 Å². The zero-order chi connectivity index (χ0) is 15.2. The summed E-state index contributed by atoms with van der Waals surface area (Å²) in [6.07, 6.45) is 0. The predicted octanol–water partition coefficient (Wildman–Crippen LogP) is 4.78. The molecule has 0 bridgehead atoms. The second-order valence-corrected chi connectivity index (χ2v) is 7.55. The van der Waals surface area contributed by atoms with Crippen LogP contribution in [0.4, 0.5) is 5.69 Å². The van der Waals surface area contributed by atoms with Crippen LogP contribution >= 0.6 is 22.9 Å². The van der Waals surface area contributed by atoms with Crippen molar-refractivity contribution in [2.75, 3.05) is 18.5 Å². The van der Waals surface area contributed by atoms with E-state index < -0.39 is 0 Å².